The molecule has 78 heavy (non-hydrogen) atoms. The summed E-state index contributed by atoms with van der Waals surface area (Å²) in [6.45, 7) is 12.6. The number of carbonyl (C=O) groups excluding carboxylic acids is 5. The van der Waals surface area contributed by atoms with Crippen molar-refractivity contribution in [1.82, 2.24) is 30.4 Å². The van der Waals surface area contributed by atoms with Crippen LogP contribution in [-0.4, -0.2) is 138 Å². The summed E-state index contributed by atoms with van der Waals surface area (Å²) in [4.78, 5) is 92.1. The summed E-state index contributed by atoms with van der Waals surface area (Å²) in [6, 6.07) is 15.9. The fraction of sp³-hybridized carbons (Fsp3) is 0.446. The molecule has 5 atom stereocenters. The van der Waals surface area contributed by atoms with E-state index in [-0.39, 0.29) is 99.1 Å². The Balaban J connectivity index is 0.873. The number of ketones is 1. The minimum atomic E-state index is -5.00. The van der Waals surface area contributed by atoms with Gasteiger partial charge in [0.1, 0.15) is 18.5 Å². The largest absolute Gasteiger partial charge is 0.417 e. The molecule has 5 aromatic rings. The number of ether oxygens (including phenoxy) is 2. The molecule has 2 aliphatic rings. The number of thiazole rings is 1. The molecule has 2 fully saturated rings. The number of nitrogens with zero attached hydrogens (tertiary/aromatic N) is 4. The highest BCUT2D eigenvalue weighted by atomic mass is 32.1. The Morgan fingerprint density at radius 3 is 2.23 bits per heavy atom. The number of aromatic amines is 1. The van der Waals surface area contributed by atoms with Gasteiger partial charge in [-0.1, -0.05) is 57.2 Å². The number of hydrogen-bond donors (Lipinski definition) is 5. The number of piperazine rings is 1. The zero-order valence-electron chi connectivity index (χ0n) is 44.6. The number of β-amino-alcohol motifs (C(OH)–C–C–N with tert-alkyl or cyclic N) is 1. The third-order valence-electron chi connectivity index (χ3n) is 14.2. The van der Waals surface area contributed by atoms with Gasteiger partial charge in [0.25, 0.3) is 11.8 Å². The number of halogens is 4. The molecule has 0 unspecified atom stereocenters. The maximum absolute atomic E-state index is 15.9. The second kappa shape index (κ2) is 25.3. The van der Waals surface area contributed by atoms with Crippen LogP contribution in [0.25, 0.3) is 21.6 Å². The predicted molar refractivity (Wildman–Crippen MR) is 288 cm³/mol. The molecule has 3 aromatic carbocycles. The summed E-state index contributed by atoms with van der Waals surface area (Å²) >= 11 is 1.55. The monoisotopic (exact) mass is 1100 g/mol. The molecule has 22 heteroatoms. The van der Waals surface area contributed by atoms with Crippen molar-refractivity contribution in [2.45, 2.75) is 91.3 Å². The number of H-pyrrole nitrogens is 1. The number of aliphatic hydroxyl groups is 1. The highest BCUT2D eigenvalue weighted by Crippen LogP contribution is 2.38. The third-order valence-corrected chi connectivity index (χ3v) is 15.2. The van der Waals surface area contributed by atoms with Crippen LogP contribution < -0.4 is 26.4 Å². The molecule has 2 saturated heterocycles. The predicted octanol–water partition coefficient (Wildman–Crippen LogP) is 7.08. The van der Waals surface area contributed by atoms with Crippen molar-refractivity contribution in [2.75, 3.05) is 69.9 Å². The Kier molecular flexibility index (Phi) is 19.1. The number of aliphatic hydroxyl groups excluding tert-OH is 1. The average Bonchev–Trinajstić information content (AvgIpc) is 4.04. The van der Waals surface area contributed by atoms with E-state index in [1.54, 1.807) is 29.0 Å². The summed E-state index contributed by atoms with van der Waals surface area (Å²) in [5.41, 5.74) is 1.59. The van der Waals surface area contributed by atoms with E-state index in [9.17, 15) is 47.0 Å². The van der Waals surface area contributed by atoms with Crippen molar-refractivity contribution in [1.29, 1.82) is 0 Å². The van der Waals surface area contributed by atoms with Gasteiger partial charge < -0.3 is 45.3 Å². The maximum atomic E-state index is 15.9. The number of carbonyl (C=O) groups is 5. The Labute approximate surface area is 453 Å². The van der Waals surface area contributed by atoms with Gasteiger partial charge in [-0.25, -0.2) is 9.37 Å². The number of anilines is 2. The highest BCUT2D eigenvalue weighted by Gasteiger charge is 2.44. The highest BCUT2D eigenvalue weighted by molar-refractivity contribution is 7.13. The SMILES string of the molecule is Cc1ncsc1-c1ccc(CNC(=O)[C@@H]2C[C@@H](O)CN2C(=O)[C@@H](CC(=O)COCCOCCNC(=O)c2ccc(-c3ccc(N4C[C@@H](C)N(C)[C@@H](C)C4)c(NC(=O)c4c[nH]c(=O)cc4C(F)(F)F)c3)c(F)c2)C(C)(C)C)cc1. The second-order valence-electron chi connectivity index (χ2n) is 20.9. The first-order chi connectivity index (χ1) is 36.9. The van der Waals surface area contributed by atoms with Crippen molar-refractivity contribution in [3.05, 3.63) is 123 Å². The van der Waals surface area contributed by atoms with Crippen LogP contribution in [0.2, 0.25) is 0 Å². The van der Waals surface area contributed by atoms with Crippen molar-refractivity contribution >= 4 is 52.1 Å². The van der Waals surface area contributed by atoms with Crippen molar-refractivity contribution in [3.8, 4) is 21.6 Å². The molecule has 5 N–H and O–H groups in total. The summed E-state index contributed by atoms with van der Waals surface area (Å²) in [5.74, 6) is -4.48. The van der Waals surface area contributed by atoms with Crippen LogP contribution in [0.3, 0.4) is 0 Å². The molecule has 4 amide bonds. The Bertz CT molecular complexity index is 3020. The number of Topliss-reactive ketones (excluding diaryl/α,β-unsaturated/α-hetero) is 1. The topological polar surface area (TPSA) is 216 Å². The number of benzene rings is 3. The third kappa shape index (κ3) is 14.6. The van der Waals surface area contributed by atoms with Crippen molar-refractivity contribution in [3.63, 3.8) is 0 Å². The van der Waals surface area contributed by atoms with Gasteiger partial charge in [0, 0.05) is 87.0 Å². The van der Waals surface area contributed by atoms with E-state index in [0.29, 0.717) is 31.0 Å². The second-order valence-corrected chi connectivity index (χ2v) is 21.8. The number of likely N-dealkylation sites (N-methyl/N-ethyl adjacent to an activating group) is 1. The molecular formula is C56H66F4N8O9S. The van der Waals surface area contributed by atoms with E-state index in [4.69, 9.17) is 9.47 Å². The molecule has 0 saturated carbocycles. The fourth-order valence-corrected chi connectivity index (χ4v) is 10.4. The molecule has 2 aromatic heterocycles. The molecule has 2 aliphatic heterocycles. The lowest BCUT2D eigenvalue weighted by Gasteiger charge is -2.44. The molecule has 7 rings (SSSR count). The van der Waals surface area contributed by atoms with Gasteiger partial charge >= 0.3 is 6.18 Å². The van der Waals surface area contributed by atoms with Gasteiger partial charge in [0.15, 0.2) is 5.78 Å². The summed E-state index contributed by atoms with van der Waals surface area (Å²) in [5, 5.41) is 18.7. The quantitative estimate of drug-likeness (QED) is 0.0391. The van der Waals surface area contributed by atoms with E-state index in [1.165, 1.54) is 23.1 Å². The number of nitrogens with one attached hydrogen (secondary N) is 4. The zero-order valence-corrected chi connectivity index (χ0v) is 45.4. The summed E-state index contributed by atoms with van der Waals surface area (Å²) in [7, 11) is 1.98. The Morgan fingerprint density at radius 1 is 0.885 bits per heavy atom. The summed E-state index contributed by atoms with van der Waals surface area (Å²) in [6.07, 6.45) is -5.30. The first-order valence-corrected chi connectivity index (χ1v) is 26.5. The molecule has 418 valence electrons. The lowest BCUT2D eigenvalue weighted by molar-refractivity contribution is -0.146. The number of aryl methyl sites for hydroxylation is 1. The standard InChI is InChI=1S/C56H66F4N8O9S/c1-32-27-67(28-33(2)66(32)7)47-15-13-37(21-46(47)65-52(73)42-26-62-49(71)24-43(42)56(58,59)60)41-14-12-38(20-45(41)57)51(72)61-16-17-76-18-19-77-30-40(70)22-44(55(4,5)6)54(75)68-29-39(69)23-48(68)53(74)63-25-35-8-10-36(11-9-35)50-34(3)64-31-78-50/h8-15,20-21,24,26,31-33,39,44,48,69H,16-19,22-23,25,27-30H2,1-7H3,(H,61,72)(H,62,71)(H,63,74)(H,65,73)/t32-,33+,39-,44-,48+/m1/s1. The molecule has 0 aliphatic carbocycles. The van der Waals surface area contributed by atoms with E-state index in [0.717, 1.165) is 27.8 Å². The Hall–Kier alpha value is -6.85. The van der Waals surface area contributed by atoms with Crippen LogP contribution in [0.5, 0.6) is 0 Å². The van der Waals surface area contributed by atoms with Gasteiger partial charge in [0.05, 0.1) is 64.5 Å². The maximum Gasteiger partial charge on any atom is 0.417 e. The van der Waals surface area contributed by atoms with Gasteiger partial charge in [-0.2, -0.15) is 13.2 Å². The van der Waals surface area contributed by atoms with Crippen LogP contribution in [0.1, 0.15) is 85.0 Å². The van der Waals surface area contributed by atoms with E-state index in [1.807, 2.05) is 77.8 Å². The fourth-order valence-electron chi connectivity index (χ4n) is 9.62. The van der Waals surface area contributed by atoms with E-state index >= 15 is 4.39 Å². The number of pyridine rings is 1. The van der Waals surface area contributed by atoms with E-state index in [2.05, 4.69) is 30.8 Å². The number of alkyl halides is 3. The van der Waals surface area contributed by atoms with Crippen LogP contribution in [0, 0.1) is 24.1 Å². The minimum Gasteiger partial charge on any atom is -0.391 e. The molecule has 17 nitrogen and oxygen atoms in total. The van der Waals surface area contributed by atoms with Crippen LogP contribution in [0.15, 0.2) is 83.2 Å². The first-order valence-electron chi connectivity index (χ1n) is 25.6. The summed E-state index contributed by atoms with van der Waals surface area (Å²) < 4.78 is 68.8. The van der Waals surface area contributed by atoms with Gasteiger partial charge in [0.2, 0.25) is 17.4 Å². The van der Waals surface area contributed by atoms with Crippen molar-refractivity contribution in [2.24, 2.45) is 11.3 Å². The molecular weight excluding hydrogens is 1040 g/mol. The number of hydrogen-bond acceptors (Lipinski definition) is 13. The van der Waals surface area contributed by atoms with Gasteiger partial charge in [-0.3, -0.25) is 33.7 Å². The van der Waals surface area contributed by atoms with Crippen LogP contribution >= 0.6 is 11.3 Å². The molecule has 0 spiro atoms. The zero-order chi connectivity index (χ0) is 56.6. The van der Waals surface area contributed by atoms with Gasteiger partial charge in [-0.15, -0.1) is 11.3 Å². The number of likely N-dealkylation sites (tertiary alicyclic amines) is 1. The van der Waals surface area contributed by atoms with E-state index < -0.39 is 75.8 Å². The number of rotatable bonds is 20. The van der Waals surface area contributed by atoms with Crippen LogP contribution in [0.4, 0.5) is 28.9 Å². The normalized spacial score (nSPS) is 18.4. The smallest absolute Gasteiger partial charge is 0.391 e. The van der Waals surface area contributed by atoms with Gasteiger partial charge in [-0.05, 0) is 74.2 Å². The average molecular weight is 1100 g/mol. The molecule has 0 bridgehead atoms. The molecule has 0 radical (unpaired) electrons. The minimum absolute atomic E-state index is 0.00611. The number of aromatic nitrogens is 2. The number of amides is 4. The first kappa shape index (κ1) is 58.8. The van der Waals surface area contributed by atoms with Crippen molar-refractivity contribution < 1.29 is 56.1 Å². The lowest BCUT2D eigenvalue weighted by Crippen LogP contribution is -2.55. The lowest BCUT2D eigenvalue weighted by atomic mass is 9.77. The molecule has 4 heterocycles. The van der Waals surface area contributed by atoms with Crippen LogP contribution in [-0.2, 0) is 36.6 Å². The Morgan fingerprint density at radius 2 is 1.58 bits per heavy atom.